The maximum atomic E-state index is 13.2. The van der Waals surface area contributed by atoms with Crippen molar-refractivity contribution in [3.8, 4) is 0 Å². The first-order valence-corrected chi connectivity index (χ1v) is 8.36. The Balaban J connectivity index is 1.45. The smallest absolute Gasteiger partial charge is 0.323 e. The van der Waals surface area contributed by atoms with Crippen molar-refractivity contribution in [3.05, 3.63) is 23.3 Å². The number of alkyl halides is 3. The number of amides is 2. The van der Waals surface area contributed by atoms with E-state index in [0.29, 0.717) is 25.3 Å². The average molecular weight is 340 g/mol. The molecule has 2 amide bonds. The number of nitrogens with zero attached hydrogens (tertiary/aromatic N) is 3. The number of aromatic nitrogens is 2. The van der Waals surface area contributed by atoms with Crippen molar-refractivity contribution in [2.75, 3.05) is 6.54 Å². The zero-order valence-corrected chi connectivity index (χ0v) is 13.2. The van der Waals surface area contributed by atoms with E-state index >= 15 is 0 Å². The Labute approximate surface area is 137 Å². The lowest BCUT2D eigenvalue weighted by Crippen LogP contribution is -2.65. The third-order valence-corrected chi connectivity index (χ3v) is 5.28. The zero-order valence-electron chi connectivity index (χ0n) is 13.2. The van der Waals surface area contributed by atoms with E-state index in [0.717, 1.165) is 29.9 Å². The second-order valence-corrected chi connectivity index (χ2v) is 7.01. The van der Waals surface area contributed by atoms with Crippen molar-refractivity contribution < 1.29 is 18.0 Å². The molecule has 3 aliphatic rings. The van der Waals surface area contributed by atoms with Gasteiger partial charge in [0, 0.05) is 30.6 Å². The molecular formula is C16H19F3N4O. The van der Waals surface area contributed by atoms with E-state index in [-0.39, 0.29) is 19.4 Å². The zero-order chi connectivity index (χ0) is 16.9. The highest BCUT2D eigenvalue weighted by atomic mass is 19.4. The van der Waals surface area contributed by atoms with E-state index in [1.165, 1.54) is 4.90 Å². The van der Waals surface area contributed by atoms with Gasteiger partial charge in [-0.3, -0.25) is 0 Å². The molecule has 0 unspecified atom stereocenters. The molecule has 0 atom stereocenters. The van der Waals surface area contributed by atoms with E-state index < -0.39 is 17.7 Å². The highest BCUT2D eigenvalue weighted by molar-refractivity contribution is 5.75. The van der Waals surface area contributed by atoms with Crippen molar-refractivity contribution >= 4 is 6.03 Å². The minimum absolute atomic E-state index is 0.0411. The molecule has 2 aliphatic carbocycles. The molecule has 2 heterocycles. The summed E-state index contributed by atoms with van der Waals surface area (Å²) in [6, 6.07) is -0.649. The van der Waals surface area contributed by atoms with Crippen molar-refractivity contribution in [1.29, 1.82) is 0 Å². The highest BCUT2D eigenvalue weighted by Crippen LogP contribution is 2.45. The van der Waals surface area contributed by atoms with Gasteiger partial charge in [-0.2, -0.15) is 13.2 Å². The minimum Gasteiger partial charge on any atom is -0.323 e. The van der Waals surface area contributed by atoms with Crippen LogP contribution in [-0.4, -0.2) is 39.2 Å². The molecule has 5 nitrogen and oxygen atoms in total. The van der Waals surface area contributed by atoms with Gasteiger partial charge in [0.25, 0.3) is 0 Å². The summed E-state index contributed by atoms with van der Waals surface area (Å²) in [5, 5.41) is 2.23. The van der Waals surface area contributed by atoms with E-state index in [9.17, 15) is 18.0 Å². The second kappa shape index (κ2) is 5.32. The molecule has 8 heteroatoms. The predicted molar refractivity (Wildman–Crippen MR) is 79.3 cm³/mol. The molecule has 2 fully saturated rings. The number of hydrogen-bond acceptors (Lipinski definition) is 3. The molecule has 24 heavy (non-hydrogen) atoms. The first-order valence-electron chi connectivity index (χ1n) is 8.36. The number of carbonyl (C=O) groups excluding carboxylic acids is 1. The summed E-state index contributed by atoms with van der Waals surface area (Å²) in [5.41, 5.74) is -0.294. The molecular weight excluding hydrogens is 321 g/mol. The molecule has 1 aliphatic heterocycles. The Kier molecular flexibility index (Phi) is 3.47. The summed E-state index contributed by atoms with van der Waals surface area (Å²) in [6.45, 7) is 0.647. The number of urea groups is 1. The molecule has 2 saturated carbocycles. The Hall–Kier alpha value is -1.86. The van der Waals surface area contributed by atoms with Gasteiger partial charge in [0.15, 0.2) is 0 Å². The lowest BCUT2D eigenvalue weighted by atomic mass is 9.76. The number of nitrogens with one attached hydrogen (secondary N) is 1. The maximum absolute atomic E-state index is 13.2. The SMILES string of the molecule is O=C(NC1(C(F)(F)F)CCC1)N1CCc2nc(C3CC3)ncc2C1. The minimum atomic E-state index is -4.41. The van der Waals surface area contributed by atoms with Gasteiger partial charge in [0.1, 0.15) is 11.4 Å². The Morgan fingerprint density at radius 2 is 2.08 bits per heavy atom. The van der Waals surface area contributed by atoms with Crippen LogP contribution < -0.4 is 5.32 Å². The van der Waals surface area contributed by atoms with Gasteiger partial charge in [0.2, 0.25) is 0 Å². The van der Waals surface area contributed by atoms with Crippen LogP contribution in [0.3, 0.4) is 0 Å². The average Bonchev–Trinajstić information content (AvgIpc) is 3.33. The van der Waals surface area contributed by atoms with E-state index in [2.05, 4.69) is 15.3 Å². The summed E-state index contributed by atoms with van der Waals surface area (Å²) < 4.78 is 39.6. The van der Waals surface area contributed by atoms with Crippen molar-refractivity contribution in [3.63, 3.8) is 0 Å². The van der Waals surface area contributed by atoms with Crippen LogP contribution in [0.2, 0.25) is 0 Å². The van der Waals surface area contributed by atoms with E-state index in [1.807, 2.05) is 0 Å². The molecule has 0 saturated heterocycles. The van der Waals surface area contributed by atoms with Crippen LogP contribution in [0.4, 0.5) is 18.0 Å². The maximum Gasteiger partial charge on any atom is 0.411 e. The largest absolute Gasteiger partial charge is 0.411 e. The second-order valence-electron chi connectivity index (χ2n) is 7.01. The van der Waals surface area contributed by atoms with Crippen LogP contribution in [0.15, 0.2) is 6.20 Å². The fourth-order valence-electron chi connectivity index (χ4n) is 3.34. The molecule has 0 aromatic carbocycles. The third kappa shape index (κ3) is 2.61. The Morgan fingerprint density at radius 3 is 2.67 bits per heavy atom. The van der Waals surface area contributed by atoms with Crippen LogP contribution >= 0.6 is 0 Å². The van der Waals surface area contributed by atoms with Crippen LogP contribution in [0.5, 0.6) is 0 Å². The fraction of sp³-hybridized carbons (Fsp3) is 0.688. The van der Waals surface area contributed by atoms with Crippen LogP contribution in [0, 0.1) is 0 Å². The predicted octanol–water partition coefficient (Wildman–Crippen LogP) is 2.91. The summed E-state index contributed by atoms with van der Waals surface area (Å²) >= 11 is 0. The topological polar surface area (TPSA) is 58.1 Å². The van der Waals surface area contributed by atoms with E-state index in [1.54, 1.807) is 6.20 Å². The van der Waals surface area contributed by atoms with Gasteiger partial charge < -0.3 is 10.2 Å². The third-order valence-electron chi connectivity index (χ3n) is 5.28. The van der Waals surface area contributed by atoms with Crippen molar-refractivity contribution in [1.82, 2.24) is 20.2 Å². The van der Waals surface area contributed by atoms with Crippen molar-refractivity contribution in [2.45, 2.75) is 62.7 Å². The molecule has 0 spiro atoms. The molecule has 0 bridgehead atoms. The van der Waals surface area contributed by atoms with E-state index in [4.69, 9.17) is 0 Å². The lowest BCUT2D eigenvalue weighted by Gasteiger charge is -2.44. The van der Waals surface area contributed by atoms with Gasteiger partial charge in [-0.25, -0.2) is 14.8 Å². The molecule has 1 N–H and O–H groups in total. The molecule has 130 valence electrons. The summed E-state index contributed by atoms with van der Waals surface area (Å²) in [4.78, 5) is 22.6. The molecule has 4 rings (SSSR count). The van der Waals surface area contributed by atoms with Crippen LogP contribution in [-0.2, 0) is 13.0 Å². The number of rotatable bonds is 2. The van der Waals surface area contributed by atoms with Gasteiger partial charge in [-0.1, -0.05) is 0 Å². The standard InChI is InChI=1S/C16H19F3N4O/c17-16(18,19)15(5-1-6-15)22-14(24)23-7-4-12-11(9-23)8-20-13(21-12)10-2-3-10/h8,10H,1-7,9H2,(H,22,24). The summed E-state index contributed by atoms with van der Waals surface area (Å²) in [6.07, 6.45) is 0.514. The lowest BCUT2D eigenvalue weighted by molar-refractivity contribution is -0.215. The highest BCUT2D eigenvalue weighted by Gasteiger charge is 2.59. The first kappa shape index (κ1) is 15.7. The number of fused-ring (bicyclic) bond motifs is 1. The molecule has 0 radical (unpaired) electrons. The Bertz CT molecular complexity index is 668. The van der Waals surface area contributed by atoms with Crippen LogP contribution in [0.1, 0.15) is 55.1 Å². The monoisotopic (exact) mass is 340 g/mol. The molecule has 1 aromatic rings. The number of carbonyl (C=O) groups is 1. The van der Waals surface area contributed by atoms with Crippen LogP contribution in [0.25, 0.3) is 0 Å². The first-order chi connectivity index (χ1) is 11.4. The Morgan fingerprint density at radius 1 is 1.33 bits per heavy atom. The van der Waals surface area contributed by atoms with Crippen molar-refractivity contribution in [2.24, 2.45) is 0 Å². The summed E-state index contributed by atoms with van der Waals surface area (Å²) in [5.74, 6) is 1.32. The number of hydrogen-bond donors (Lipinski definition) is 1. The molecule has 1 aromatic heterocycles. The fourth-order valence-corrected chi connectivity index (χ4v) is 3.34. The quantitative estimate of drug-likeness (QED) is 0.901. The normalized spacial score (nSPS) is 22.5. The van der Waals surface area contributed by atoms with Gasteiger partial charge in [-0.05, 0) is 32.1 Å². The summed E-state index contributed by atoms with van der Waals surface area (Å²) in [7, 11) is 0. The number of halogens is 3. The van der Waals surface area contributed by atoms with Gasteiger partial charge in [-0.15, -0.1) is 0 Å². The van der Waals surface area contributed by atoms with Gasteiger partial charge in [0.05, 0.1) is 12.2 Å². The van der Waals surface area contributed by atoms with Gasteiger partial charge >= 0.3 is 12.2 Å².